The van der Waals surface area contributed by atoms with Gasteiger partial charge in [-0.15, -0.1) is 0 Å². The van der Waals surface area contributed by atoms with Crippen LogP contribution in [0.3, 0.4) is 0 Å². The Kier molecular flexibility index (Phi) is 4.37. The van der Waals surface area contributed by atoms with E-state index >= 15 is 0 Å². The first-order valence-electron chi connectivity index (χ1n) is 5.92. The van der Waals surface area contributed by atoms with Crippen LogP contribution in [0.4, 0.5) is 0 Å². The van der Waals surface area contributed by atoms with E-state index in [0.717, 1.165) is 13.1 Å². The molecule has 0 amide bonds. The standard InChI is InChI=1S/C8H15N3.C3H4N2/c1-2-5-10(6-3-1)11-7-4-9-8-11;1-2-4-5-3-1/h8H,1-7H2;1-3H,(H,4,5). The number of nitrogens with zero attached hydrogens (tertiary/aromatic N) is 4. The fraction of sp³-hybridized carbons (Fsp3) is 0.636. The van der Waals surface area contributed by atoms with E-state index in [-0.39, 0.29) is 0 Å². The maximum absolute atomic E-state index is 4.20. The Bertz CT molecular complexity index is 272. The zero-order valence-corrected chi connectivity index (χ0v) is 9.55. The molecule has 1 N–H and O–H groups in total. The molecule has 0 aromatic carbocycles. The van der Waals surface area contributed by atoms with Crippen molar-refractivity contribution in [2.45, 2.75) is 19.3 Å². The summed E-state index contributed by atoms with van der Waals surface area (Å²) < 4.78 is 0. The molecule has 0 spiro atoms. The van der Waals surface area contributed by atoms with Crippen LogP contribution in [-0.2, 0) is 0 Å². The topological polar surface area (TPSA) is 47.5 Å². The Morgan fingerprint density at radius 2 is 1.94 bits per heavy atom. The lowest BCUT2D eigenvalue weighted by Crippen LogP contribution is -2.43. The van der Waals surface area contributed by atoms with E-state index in [1.54, 1.807) is 12.4 Å². The summed E-state index contributed by atoms with van der Waals surface area (Å²) in [6.45, 7) is 4.54. The van der Waals surface area contributed by atoms with Crippen LogP contribution in [0.5, 0.6) is 0 Å². The van der Waals surface area contributed by atoms with Crippen molar-refractivity contribution in [3.8, 4) is 0 Å². The predicted octanol–water partition coefficient (Wildman–Crippen LogP) is 1.14. The van der Waals surface area contributed by atoms with Crippen LogP contribution in [0.1, 0.15) is 19.3 Å². The minimum Gasteiger partial charge on any atom is -0.294 e. The first-order valence-corrected chi connectivity index (χ1v) is 5.92. The van der Waals surface area contributed by atoms with E-state index in [1.807, 2.05) is 12.4 Å². The molecule has 5 nitrogen and oxygen atoms in total. The van der Waals surface area contributed by atoms with E-state index in [4.69, 9.17) is 0 Å². The third kappa shape index (κ3) is 3.34. The maximum atomic E-state index is 4.20. The molecule has 0 atom stereocenters. The van der Waals surface area contributed by atoms with E-state index in [0.29, 0.717) is 0 Å². The fourth-order valence-corrected chi connectivity index (χ4v) is 1.93. The quantitative estimate of drug-likeness (QED) is 0.773. The number of nitrogens with one attached hydrogen (secondary N) is 1. The number of rotatable bonds is 1. The van der Waals surface area contributed by atoms with E-state index < -0.39 is 0 Å². The van der Waals surface area contributed by atoms with Crippen molar-refractivity contribution in [3.63, 3.8) is 0 Å². The van der Waals surface area contributed by atoms with Gasteiger partial charge >= 0.3 is 0 Å². The molecule has 0 unspecified atom stereocenters. The molecule has 2 aliphatic rings. The molecule has 3 heterocycles. The van der Waals surface area contributed by atoms with Gasteiger partial charge in [-0.2, -0.15) is 5.10 Å². The van der Waals surface area contributed by atoms with Crippen LogP contribution in [-0.4, -0.2) is 52.7 Å². The van der Waals surface area contributed by atoms with Crippen molar-refractivity contribution < 1.29 is 0 Å². The second-order valence-electron chi connectivity index (χ2n) is 3.97. The summed E-state index contributed by atoms with van der Waals surface area (Å²) in [5, 5.41) is 10.9. The number of hydrazine groups is 1. The van der Waals surface area contributed by atoms with Gasteiger partial charge in [-0.1, -0.05) is 6.42 Å². The van der Waals surface area contributed by atoms with Gasteiger partial charge in [-0.25, -0.2) is 5.01 Å². The third-order valence-corrected chi connectivity index (χ3v) is 2.77. The maximum Gasteiger partial charge on any atom is 0.0995 e. The number of aliphatic imine (C=N–C) groups is 1. The fourth-order valence-electron chi connectivity index (χ4n) is 1.93. The molecule has 0 radical (unpaired) electrons. The van der Waals surface area contributed by atoms with Crippen LogP contribution in [0.25, 0.3) is 0 Å². The minimum absolute atomic E-state index is 0.983. The molecule has 0 bridgehead atoms. The van der Waals surface area contributed by atoms with Crippen molar-refractivity contribution in [2.24, 2.45) is 4.99 Å². The molecular weight excluding hydrogens is 202 g/mol. The highest BCUT2D eigenvalue weighted by molar-refractivity contribution is 5.56. The lowest BCUT2D eigenvalue weighted by molar-refractivity contribution is 0.0395. The summed E-state index contributed by atoms with van der Waals surface area (Å²) in [7, 11) is 0. The lowest BCUT2D eigenvalue weighted by atomic mass is 10.2. The number of aromatic nitrogens is 2. The zero-order valence-electron chi connectivity index (χ0n) is 9.55. The lowest BCUT2D eigenvalue weighted by Gasteiger charge is -2.33. The second-order valence-corrected chi connectivity index (χ2v) is 3.97. The summed E-state index contributed by atoms with van der Waals surface area (Å²) in [5.41, 5.74) is 0. The summed E-state index contributed by atoms with van der Waals surface area (Å²) in [4.78, 5) is 4.20. The highest BCUT2D eigenvalue weighted by Crippen LogP contribution is 2.11. The van der Waals surface area contributed by atoms with Gasteiger partial charge in [0.2, 0.25) is 0 Å². The van der Waals surface area contributed by atoms with Gasteiger partial charge in [-0.3, -0.25) is 15.1 Å². The minimum atomic E-state index is 0.983. The van der Waals surface area contributed by atoms with Crippen molar-refractivity contribution in [1.29, 1.82) is 0 Å². The van der Waals surface area contributed by atoms with Crippen molar-refractivity contribution >= 4 is 6.34 Å². The summed E-state index contributed by atoms with van der Waals surface area (Å²) in [6.07, 6.45) is 9.54. The SMILES string of the molecule is C1=NCCN1N1CCCCC1.c1cn[nH]c1. The number of hydrogen-bond donors (Lipinski definition) is 1. The summed E-state index contributed by atoms with van der Waals surface area (Å²) >= 11 is 0. The van der Waals surface area contributed by atoms with Crippen LogP contribution < -0.4 is 0 Å². The van der Waals surface area contributed by atoms with Crippen LogP contribution >= 0.6 is 0 Å². The summed E-state index contributed by atoms with van der Waals surface area (Å²) in [6, 6.07) is 1.83. The van der Waals surface area contributed by atoms with Gasteiger partial charge < -0.3 is 0 Å². The van der Waals surface area contributed by atoms with E-state index in [1.165, 1.54) is 32.4 Å². The Hall–Kier alpha value is -1.36. The molecule has 1 aromatic heterocycles. The molecule has 0 aliphatic carbocycles. The van der Waals surface area contributed by atoms with Gasteiger partial charge in [0.15, 0.2) is 0 Å². The third-order valence-electron chi connectivity index (χ3n) is 2.77. The predicted molar refractivity (Wildman–Crippen MR) is 64.1 cm³/mol. The molecule has 3 rings (SSSR count). The van der Waals surface area contributed by atoms with Crippen molar-refractivity contribution in [2.75, 3.05) is 26.2 Å². The van der Waals surface area contributed by atoms with Crippen LogP contribution in [0, 0.1) is 0 Å². The highest BCUT2D eigenvalue weighted by atomic mass is 15.6. The van der Waals surface area contributed by atoms with Crippen LogP contribution in [0.15, 0.2) is 23.5 Å². The molecule has 1 fully saturated rings. The van der Waals surface area contributed by atoms with E-state index in [2.05, 4.69) is 25.2 Å². The Balaban J connectivity index is 0.000000162. The molecular formula is C11H19N5. The Labute approximate surface area is 96.1 Å². The Morgan fingerprint density at radius 3 is 2.44 bits per heavy atom. The average Bonchev–Trinajstić information content (AvgIpc) is 3.07. The normalized spacial score (nSPS) is 20.6. The summed E-state index contributed by atoms with van der Waals surface area (Å²) in [5.74, 6) is 0. The van der Waals surface area contributed by atoms with Gasteiger partial charge in [0.25, 0.3) is 0 Å². The zero-order chi connectivity index (χ0) is 11.1. The van der Waals surface area contributed by atoms with Gasteiger partial charge in [0.05, 0.1) is 19.4 Å². The van der Waals surface area contributed by atoms with Gasteiger partial charge in [-0.05, 0) is 18.9 Å². The second kappa shape index (κ2) is 6.27. The molecule has 1 saturated heterocycles. The van der Waals surface area contributed by atoms with Gasteiger partial charge in [0.1, 0.15) is 0 Å². The molecule has 0 saturated carbocycles. The van der Waals surface area contributed by atoms with Crippen molar-refractivity contribution in [1.82, 2.24) is 20.2 Å². The van der Waals surface area contributed by atoms with Gasteiger partial charge in [0, 0.05) is 25.5 Å². The first-order chi connectivity index (χ1) is 7.97. The number of hydrogen-bond acceptors (Lipinski definition) is 4. The smallest absolute Gasteiger partial charge is 0.0995 e. The van der Waals surface area contributed by atoms with E-state index in [9.17, 15) is 0 Å². The Morgan fingerprint density at radius 1 is 1.06 bits per heavy atom. The molecule has 88 valence electrons. The molecule has 2 aliphatic heterocycles. The van der Waals surface area contributed by atoms with Crippen molar-refractivity contribution in [3.05, 3.63) is 18.5 Å². The molecule has 16 heavy (non-hydrogen) atoms. The molecule has 1 aromatic rings. The largest absolute Gasteiger partial charge is 0.294 e. The average molecular weight is 221 g/mol. The molecule has 5 heteroatoms. The number of piperidine rings is 1. The van der Waals surface area contributed by atoms with Crippen LogP contribution in [0.2, 0.25) is 0 Å². The number of aromatic amines is 1. The monoisotopic (exact) mass is 221 g/mol. The highest BCUT2D eigenvalue weighted by Gasteiger charge is 2.17. The number of H-pyrrole nitrogens is 1. The first kappa shape index (κ1) is 11.1.